The Morgan fingerprint density at radius 2 is 1.77 bits per heavy atom. The Hall–Kier alpha value is -4.65. The van der Waals surface area contributed by atoms with Gasteiger partial charge in [-0.05, 0) is 61.4 Å². The molecule has 2 N–H and O–H groups in total. The maximum absolute atomic E-state index is 15.2. The number of H-pyrrole nitrogens is 1. The number of aromatic nitrogens is 1. The zero-order chi connectivity index (χ0) is 40.2. The van der Waals surface area contributed by atoms with E-state index in [0.29, 0.717) is 50.2 Å². The molecule has 0 amide bonds. The second-order valence-corrected chi connectivity index (χ2v) is 17.2. The van der Waals surface area contributed by atoms with Gasteiger partial charge in [0.15, 0.2) is 6.10 Å². The molecule has 57 heavy (non-hydrogen) atoms. The fourth-order valence-corrected chi connectivity index (χ4v) is 12.8. The van der Waals surface area contributed by atoms with Gasteiger partial charge >= 0.3 is 17.9 Å². The summed E-state index contributed by atoms with van der Waals surface area (Å²) < 4.78 is 23.9. The van der Waals surface area contributed by atoms with Gasteiger partial charge in [0.25, 0.3) is 0 Å². The van der Waals surface area contributed by atoms with E-state index in [1.807, 2.05) is 37.1 Å². The smallest absolute Gasteiger partial charge is 0.344 e. The Kier molecular flexibility index (Phi) is 8.77. The molecule has 12 heteroatoms. The quantitative estimate of drug-likeness (QED) is 0.196. The van der Waals surface area contributed by atoms with E-state index in [0.717, 1.165) is 52.9 Å². The molecule has 2 bridgehead atoms. The van der Waals surface area contributed by atoms with Gasteiger partial charge < -0.3 is 33.9 Å². The van der Waals surface area contributed by atoms with Crippen LogP contribution in [0.5, 0.6) is 5.75 Å². The van der Waals surface area contributed by atoms with Crippen LogP contribution in [0.25, 0.3) is 10.9 Å². The van der Waals surface area contributed by atoms with Crippen molar-refractivity contribution in [1.82, 2.24) is 14.8 Å². The van der Waals surface area contributed by atoms with Crippen molar-refractivity contribution < 1.29 is 38.4 Å². The monoisotopic (exact) mass is 778 g/mol. The highest BCUT2D eigenvalue weighted by Crippen LogP contribution is 2.68. The summed E-state index contributed by atoms with van der Waals surface area (Å²) in [4.78, 5) is 53.1. The van der Waals surface area contributed by atoms with Gasteiger partial charge in [-0.15, -0.1) is 0 Å². The predicted octanol–water partition coefficient (Wildman–Crippen LogP) is 4.75. The maximum atomic E-state index is 15.2. The second kappa shape index (κ2) is 13.2. The number of methoxy groups -OCH3 is 3. The minimum absolute atomic E-state index is 0.0284. The summed E-state index contributed by atoms with van der Waals surface area (Å²) in [7, 11) is 6.22. The number of para-hydroxylation sites is 1. The molecule has 6 heterocycles. The van der Waals surface area contributed by atoms with E-state index < -0.39 is 45.9 Å². The Morgan fingerprint density at radius 1 is 1.00 bits per heavy atom. The van der Waals surface area contributed by atoms with Crippen LogP contribution in [0.15, 0.2) is 60.2 Å². The minimum Gasteiger partial charge on any atom is -0.496 e. The number of fused-ring (bicyclic) bond motifs is 6. The number of nitrogens with one attached hydrogen (secondary N) is 1. The van der Waals surface area contributed by atoms with Crippen LogP contribution in [0.1, 0.15) is 68.8 Å². The van der Waals surface area contributed by atoms with Crippen LogP contribution in [0.4, 0.5) is 5.69 Å². The molecule has 12 nitrogen and oxygen atoms in total. The van der Waals surface area contributed by atoms with E-state index in [1.165, 1.54) is 26.7 Å². The first-order chi connectivity index (χ1) is 27.4. The van der Waals surface area contributed by atoms with Gasteiger partial charge in [-0.1, -0.05) is 55.8 Å². The maximum Gasteiger partial charge on any atom is 0.344 e. The van der Waals surface area contributed by atoms with Crippen LogP contribution in [0.2, 0.25) is 0 Å². The van der Waals surface area contributed by atoms with Gasteiger partial charge in [-0.3, -0.25) is 19.4 Å². The Balaban J connectivity index is 1.37. The first-order valence-corrected chi connectivity index (χ1v) is 20.3. The molecule has 1 spiro atoms. The topological polar surface area (TPSA) is 134 Å². The van der Waals surface area contributed by atoms with Gasteiger partial charge in [0.1, 0.15) is 11.2 Å². The van der Waals surface area contributed by atoms with E-state index in [-0.39, 0.29) is 17.9 Å². The lowest BCUT2D eigenvalue weighted by Crippen LogP contribution is -2.81. The number of likely N-dealkylation sites (N-methyl/N-ethyl adjacent to an activating group) is 1. The van der Waals surface area contributed by atoms with Crippen LogP contribution >= 0.6 is 0 Å². The highest BCUT2D eigenvalue weighted by Gasteiger charge is 2.80. The Bertz CT molecular complexity index is 2250. The van der Waals surface area contributed by atoms with Crippen molar-refractivity contribution in [2.45, 2.75) is 87.6 Å². The molecule has 1 saturated carbocycles. The van der Waals surface area contributed by atoms with Gasteiger partial charge in [-0.2, -0.15) is 0 Å². The summed E-state index contributed by atoms with van der Waals surface area (Å²) in [5.41, 5.74) is 1.05. The number of hydrogen-bond donors (Lipinski definition) is 2. The number of hydrogen-bond acceptors (Lipinski definition) is 11. The number of rotatable bonds is 7. The lowest BCUT2D eigenvalue weighted by atomic mass is 9.47. The summed E-state index contributed by atoms with van der Waals surface area (Å²) in [5, 5.41) is 14.4. The van der Waals surface area contributed by atoms with Crippen LogP contribution in [0, 0.1) is 11.3 Å². The van der Waals surface area contributed by atoms with Crippen LogP contribution in [0.3, 0.4) is 0 Å². The fraction of sp³-hybridized carbons (Fsp3) is 0.533. The standard InChI is InChI=1S/C45H54N4O8/c1-8-27-19-28-22-44(40(51)55-6,36-30(25-48(23-27)24-28)29-13-10-11-14-33(29)46-36)32-20-31-34(21-35(32)54-5)47(4)38-43(31)16-18-49-17-12-15-42(9-2,37(43)49)39(57-26(3)50)45(38,53)41(52)56-7/h10-15,19-21,28,37-39,46,53H,8-9,16-18,22-25H2,1-7H3/t28-,37-,38-,39-,42+,43-,44?,45+/m1/s1. The van der Waals surface area contributed by atoms with Gasteiger partial charge in [0.2, 0.25) is 5.60 Å². The third-order valence-electron chi connectivity index (χ3n) is 14.8. The van der Waals surface area contributed by atoms with Gasteiger partial charge in [0.05, 0.1) is 27.4 Å². The first kappa shape index (κ1) is 37.9. The molecule has 3 aromatic rings. The molecule has 2 fully saturated rings. The number of carbonyl (C=O) groups excluding carboxylic acids is 3. The number of carbonyl (C=O) groups is 3. The van der Waals surface area contributed by atoms with Crippen LogP contribution in [-0.2, 0) is 46.0 Å². The lowest BCUT2D eigenvalue weighted by molar-refractivity contribution is -0.228. The van der Waals surface area contributed by atoms with Crippen LogP contribution < -0.4 is 9.64 Å². The lowest BCUT2D eigenvalue weighted by Gasteiger charge is -2.63. The molecule has 0 radical (unpaired) electrons. The molecule has 1 aromatic heterocycles. The van der Waals surface area contributed by atoms with Crippen molar-refractivity contribution in [1.29, 1.82) is 0 Å². The van der Waals surface area contributed by atoms with E-state index in [9.17, 15) is 14.7 Å². The van der Waals surface area contributed by atoms with Crippen molar-refractivity contribution >= 4 is 34.5 Å². The molecule has 302 valence electrons. The second-order valence-electron chi connectivity index (χ2n) is 17.2. The fourth-order valence-electron chi connectivity index (χ4n) is 12.8. The number of anilines is 1. The molecule has 6 aliphatic rings. The van der Waals surface area contributed by atoms with Crippen molar-refractivity contribution in [3.05, 3.63) is 82.6 Å². The summed E-state index contributed by atoms with van der Waals surface area (Å²) in [5.74, 6) is -1.31. The van der Waals surface area contributed by atoms with E-state index in [2.05, 4.69) is 58.1 Å². The molecule has 9 rings (SSSR count). The molecule has 9 atom stereocenters. The average Bonchev–Trinajstić information content (AvgIpc) is 3.87. The van der Waals surface area contributed by atoms with Crippen molar-refractivity contribution in [3.63, 3.8) is 0 Å². The van der Waals surface area contributed by atoms with Gasteiger partial charge in [-0.25, -0.2) is 4.79 Å². The summed E-state index contributed by atoms with van der Waals surface area (Å²) in [6.45, 7) is 9.19. The van der Waals surface area contributed by atoms with Crippen molar-refractivity contribution in [2.75, 3.05) is 59.5 Å². The number of ether oxygens (including phenoxy) is 4. The molecular formula is C45H54N4O8. The van der Waals surface area contributed by atoms with E-state index in [4.69, 9.17) is 18.9 Å². The first-order valence-electron chi connectivity index (χ1n) is 20.3. The SMILES string of the molecule is CCC1=C[C@H]2C[N@](C1)Cc1c([nH]c3ccccc13)C(C(=O)OC)(c1cc3c(cc1OC)N(C)[C@H]1[C@@](O)(C(=O)OC)[C@H](OC(C)=O)[C@@]4(CC)C=CCN5CC[C@]31[C@H]54)C2. The summed E-state index contributed by atoms with van der Waals surface area (Å²) in [6.07, 6.45) is 7.67. The zero-order valence-electron chi connectivity index (χ0n) is 34.0. The van der Waals surface area contributed by atoms with Crippen molar-refractivity contribution in [3.8, 4) is 5.75 Å². The highest BCUT2D eigenvalue weighted by molar-refractivity contribution is 5.95. The van der Waals surface area contributed by atoms with Crippen molar-refractivity contribution in [2.24, 2.45) is 11.3 Å². The van der Waals surface area contributed by atoms with Gasteiger partial charge in [0, 0.05) is 90.9 Å². The molecule has 5 aliphatic heterocycles. The largest absolute Gasteiger partial charge is 0.496 e. The zero-order valence-corrected chi connectivity index (χ0v) is 34.0. The molecule has 1 saturated heterocycles. The van der Waals surface area contributed by atoms with Crippen LogP contribution in [-0.4, -0.2) is 116 Å². The third-order valence-corrected chi connectivity index (χ3v) is 14.8. The molecule has 1 aliphatic carbocycles. The summed E-state index contributed by atoms with van der Waals surface area (Å²) >= 11 is 0. The third kappa shape index (κ3) is 4.80. The predicted molar refractivity (Wildman–Crippen MR) is 214 cm³/mol. The number of nitrogens with zero attached hydrogens (tertiary/aromatic N) is 3. The number of esters is 3. The number of benzene rings is 2. The molecule has 2 aromatic carbocycles. The number of aliphatic hydroxyl groups is 1. The van der Waals surface area contributed by atoms with E-state index in [1.54, 1.807) is 7.11 Å². The Labute approximate surface area is 333 Å². The average molecular weight is 779 g/mol. The highest BCUT2D eigenvalue weighted by atomic mass is 16.6. The molecule has 1 unspecified atom stereocenters. The normalized spacial score (nSPS) is 34.9. The molecular weight excluding hydrogens is 725 g/mol. The van der Waals surface area contributed by atoms with E-state index >= 15 is 4.79 Å². The summed E-state index contributed by atoms with van der Waals surface area (Å²) in [6, 6.07) is 11.2. The number of aromatic amines is 1. The Morgan fingerprint density at radius 3 is 2.47 bits per heavy atom. The minimum atomic E-state index is -2.27.